The molecule has 20 heavy (non-hydrogen) atoms. The Morgan fingerprint density at radius 3 is 2.40 bits per heavy atom. The lowest BCUT2D eigenvalue weighted by Crippen LogP contribution is -1.96. The second-order valence-corrected chi connectivity index (χ2v) is 4.98. The molecule has 2 aromatic carbocycles. The van der Waals surface area contributed by atoms with Gasteiger partial charge in [0.15, 0.2) is 0 Å². The van der Waals surface area contributed by atoms with Crippen LogP contribution in [-0.4, -0.2) is 17.3 Å². The molecule has 0 fully saturated rings. The first-order valence-corrected chi connectivity index (χ1v) is 6.64. The Morgan fingerprint density at radius 1 is 1.10 bits per heavy atom. The second kappa shape index (κ2) is 4.93. The summed E-state index contributed by atoms with van der Waals surface area (Å²) in [6, 6.07) is 10.7. The molecule has 0 spiro atoms. The number of carbonyl (C=O) groups excluding carboxylic acids is 1. The van der Waals surface area contributed by atoms with Gasteiger partial charge in [-0.1, -0.05) is 35.9 Å². The maximum Gasteiger partial charge on any atom is 0.254 e. The molecule has 0 saturated heterocycles. The van der Waals surface area contributed by atoms with Crippen molar-refractivity contribution >= 4 is 50.3 Å². The van der Waals surface area contributed by atoms with E-state index in [-0.39, 0.29) is 0 Å². The van der Waals surface area contributed by atoms with Gasteiger partial charge in [0, 0.05) is 10.8 Å². The zero-order chi connectivity index (χ0) is 14.3. The third-order valence-corrected chi connectivity index (χ3v) is 3.77. The van der Waals surface area contributed by atoms with Crippen molar-refractivity contribution in [1.29, 1.82) is 0 Å². The number of nitrogens with zero attached hydrogens (tertiary/aromatic N) is 1. The minimum absolute atomic E-state index is 0.332. The first-order valence-electron chi connectivity index (χ1n) is 5.88. The summed E-state index contributed by atoms with van der Waals surface area (Å²) >= 11 is 12.0. The predicted molar refractivity (Wildman–Crippen MR) is 81.0 cm³/mol. The van der Waals surface area contributed by atoms with Gasteiger partial charge in [-0.3, -0.25) is 4.79 Å². The van der Waals surface area contributed by atoms with Gasteiger partial charge in [0.2, 0.25) is 0 Å². The number of hydrogen-bond donors (Lipinski definition) is 0. The first kappa shape index (κ1) is 13.2. The van der Waals surface area contributed by atoms with Crippen LogP contribution < -0.4 is 4.74 Å². The standard InChI is InChI=1S/C15H9Cl2NO2/c1-20-11-7-3-5-9-12(16)8-4-2-6-10(15(17)19)13(8)18-14(9)11/h2-7H,1H3. The summed E-state index contributed by atoms with van der Waals surface area (Å²) in [6.45, 7) is 0. The molecule has 0 bridgehead atoms. The zero-order valence-corrected chi connectivity index (χ0v) is 12.0. The Morgan fingerprint density at radius 2 is 1.75 bits per heavy atom. The van der Waals surface area contributed by atoms with E-state index in [0.29, 0.717) is 32.8 Å². The largest absolute Gasteiger partial charge is 0.494 e. The molecule has 1 aromatic heterocycles. The highest BCUT2D eigenvalue weighted by molar-refractivity contribution is 6.68. The van der Waals surface area contributed by atoms with E-state index in [2.05, 4.69) is 4.98 Å². The van der Waals surface area contributed by atoms with Crippen LogP contribution in [0.4, 0.5) is 0 Å². The minimum Gasteiger partial charge on any atom is -0.494 e. The number of fused-ring (bicyclic) bond motifs is 2. The van der Waals surface area contributed by atoms with Crippen molar-refractivity contribution in [2.45, 2.75) is 0 Å². The molecule has 3 nitrogen and oxygen atoms in total. The molecule has 100 valence electrons. The van der Waals surface area contributed by atoms with Gasteiger partial charge in [-0.2, -0.15) is 0 Å². The van der Waals surface area contributed by atoms with Crippen LogP contribution in [0.5, 0.6) is 5.75 Å². The van der Waals surface area contributed by atoms with Gasteiger partial charge in [-0.25, -0.2) is 4.98 Å². The molecular formula is C15H9Cl2NO2. The van der Waals surface area contributed by atoms with Gasteiger partial charge in [0.05, 0.1) is 23.2 Å². The van der Waals surface area contributed by atoms with Crippen molar-refractivity contribution < 1.29 is 9.53 Å². The molecule has 3 rings (SSSR count). The molecule has 1 heterocycles. The summed E-state index contributed by atoms with van der Waals surface area (Å²) in [7, 11) is 1.56. The molecule has 0 unspecified atom stereocenters. The number of aromatic nitrogens is 1. The third kappa shape index (κ3) is 1.90. The number of benzene rings is 2. The first-order chi connectivity index (χ1) is 9.63. The number of rotatable bonds is 2. The maximum atomic E-state index is 11.5. The predicted octanol–water partition coefficient (Wildman–Crippen LogP) is 4.43. The van der Waals surface area contributed by atoms with Crippen LogP contribution in [0.2, 0.25) is 5.02 Å². The number of pyridine rings is 1. The Kier molecular flexibility index (Phi) is 3.24. The molecule has 5 heteroatoms. The van der Waals surface area contributed by atoms with Crippen molar-refractivity contribution in [1.82, 2.24) is 4.98 Å². The molecule has 0 saturated carbocycles. The quantitative estimate of drug-likeness (QED) is 0.519. The van der Waals surface area contributed by atoms with Gasteiger partial charge in [-0.15, -0.1) is 0 Å². The minimum atomic E-state index is -0.562. The van der Waals surface area contributed by atoms with Gasteiger partial charge < -0.3 is 4.74 Å². The van der Waals surface area contributed by atoms with E-state index >= 15 is 0 Å². The van der Waals surface area contributed by atoms with Gasteiger partial charge in [-0.05, 0) is 23.7 Å². The van der Waals surface area contributed by atoms with E-state index in [4.69, 9.17) is 27.9 Å². The Bertz CT molecular complexity index is 846. The van der Waals surface area contributed by atoms with Crippen molar-refractivity contribution in [2.24, 2.45) is 0 Å². The monoisotopic (exact) mass is 305 g/mol. The van der Waals surface area contributed by atoms with Gasteiger partial charge in [0.25, 0.3) is 5.24 Å². The fourth-order valence-corrected chi connectivity index (χ4v) is 2.69. The summed E-state index contributed by atoms with van der Waals surface area (Å²) in [6.07, 6.45) is 0. The molecule has 0 amide bonds. The van der Waals surface area contributed by atoms with Crippen LogP contribution in [0.15, 0.2) is 36.4 Å². The fourth-order valence-electron chi connectivity index (χ4n) is 2.24. The molecule has 0 aliphatic carbocycles. The fraction of sp³-hybridized carbons (Fsp3) is 0.0667. The maximum absolute atomic E-state index is 11.5. The Balaban J connectivity index is 2.55. The van der Waals surface area contributed by atoms with Crippen LogP contribution in [0.1, 0.15) is 10.4 Å². The third-order valence-electron chi connectivity index (χ3n) is 3.16. The van der Waals surface area contributed by atoms with Crippen molar-refractivity contribution in [3.8, 4) is 5.75 Å². The Hall–Kier alpha value is -1.84. The molecular weight excluding hydrogens is 297 g/mol. The number of ether oxygens (including phenoxy) is 1. The lowest BCUT2D eigenvalue weighted by atomic mass is 10.1. The van der Waals surface area contributed by atoms with Crippen LogP contribution in [0.25, 0.3) is 21.8 Å². The highest BCUT2D eigenvalue weighted by atomic mass is 35.5. The van der Waals surface area contributed by atoms with Crippen LogP contribution in [-0.2, 0) is 0 Å². The van der Waals surface area contributed by atoms with E-state index < -0.39 is 5.24 Å². The molecule has 3 aromatic rings. The normalized spacial score (nSPS) is 10.9. The summed E-state index contributed by atoms with van der Waals surface area (Å²) in [5, 5.41) is 1.44. The van der Waals surface area contributed by atoms with E-state index in [1.54, 1.807) is 25.3 Å². The Labute approximate surface area is 125 Å². The van der Waals surface area contributed by atoms with Crippen molar-refractivity contribution in [3.05, 3.63) is 47.0 Å². The highest BCUT2D eigenvalue weighted by Crippen LogP contribution is 2.35. The summed E-state index contributed by atoms with van der Waals surface area (Å²) in [5.74, 6) is 0.600. The SMILES string of the molecule is COc1cccc2c(Cl)c3cccc(C(=O)Cl)c3nc12. The van der Waals surface area contributed by atoms with Crippen LogP contribution in [0, 0.1) is 0 Å². The molecule has 0 N–H and O–H groups in total. The molecule has 0 radical (unpaired) electrons. The van der Waals surface area contributed by atoms with E-state index in [1.807, 2.05) is 18.2 Å². The lowest BCUT2D eigenvalue weighted by Gasteiger charge is -2.10. The number of carbonyl (C=O) groups is 1. The van der Waals surface area contributed by atoms with Gasteiger partial charge in [0.1, 0.15) is 11.3 Å². The van der Waals surface area contributed by atoms with E-state index in [0.717, 1.165) is 5.39 Å². The summed E-state index contributed by atoms with van der Waals surface area (Å²) in [5.41, 5.74) is 1.42. The van der Waals surface area contributed by atoms with Crippen LogP contribution >= 0.6 is 23.2 Å². The summed E-state index contributed by atoms with van der Waals surface area (Å²) < 4.78 is 5.29. The number of methoxy groups -OCH3 is 1. The smallest absolute Gasteiger partial charge is 0.254 e. The van der Waals surface area contributed by atoms with Crippen molar-refractivity contribution in [2.75, 3.05) is 7.11 Å². The van der Waals surface area contributed by atoms with Gasteiger partial charge >= 0.3 is 0 Å². The van der Waals surface area contributed by atoms with Crippen molar-refractivity contribution in [3.63, 3.8) is 0 Å². The number of hydrogen-bond acceptors (Lipinski definition) is 3. The summed E-state index contributed by atoms with van der Waals surface area (Å²) in [4.78, 5) is 16.0. The molecule has 0 aliphatic rings. The highest BCUT2D eigenvalue weighted by Gasteiger charge is 2.15. The van der Waals surface area contributed by atoms with E-state index in [9.17, 15) is 4.79 Å². The average molecular weight is 306 g/mol. The topological polar surface area (TPSA) is 39.2 Å². The average Bonchev–Trinajstić information content (AvgIpc) is 2.46. The van der Waals surface area contributed by atoms with E-state index in [1.165, 1.54) is 0 Å². The number of halogens is 2. The second-order valence-electron chi connectivity index (χ2n) is 4.26. The number of para-hydroxylation sites is 2. The molecule has 0 aliphatic heterocycles. The molecule has 0 atom stereocenters. The zero-order valence-electron chi connectivity index (χ0n) is 10.5. The lowest BCUT2D eigenvalue weighted by molar-refractivity contribution is 0.108. The van der Waals surface area contributed by atoms with Crippen LogP contribution in [0.3, 0.4) is 0 Å².